The number of fused-ring (bicyclic) bond motifs is 3. The summed E-state index contributed by atoms with van der Waals surface area (Å²) in [6, 6.07) is 23.8. The lowest BCUT2D eigenvalue weighted by Crippen LogP contribution is -2.20. The molecule has 38 heavy (non-hydrogen) atoms. The second kappa shape index (κ2) is 9.48. The first-order valence-electron chi connectivity index (χ1n) is 12.4. The van der Waals surface area contributed by atoms with E-state index in [1.807, 2.05) is 71.4 Å². The molecular weight excluding hydrogens is 480 g/mol. The van der Waals surface area contributed by atoms with E-state index in [0.717, 1.165) is 21.9 Å². The van der Waals surface area contributed by atoms with Gasteiger partial charge in [-0.3, -0.25) is 4.79 Å². The van der Waals surface area contributed by atoms with Gasteiger partial charge in [0.05, 0.1) is 23.7 Å². The largest absolute Gasteiger partial charge is 0.464 e. The van der Waals surface area contributed by atoms with Crippen LogP contribution in [-0.4, -0.2) is 33.0 Å². The van der Waals surface area contributed by atoms with E-state index in [0.29, 0.717) is 34.7 Å². The number of furan rings is 1. The zero-order chi connectivity index (χ0) is 26.2. The third-order valence-electron chi connectivity index (χ3n) is 6.53. The van der Waals surface area contributed by atoms with Crippen LogP contribution >= 0.6 is 0 Å². The lowest BCUT2D eigenvalue weighted by atomic mass is 10.2. The predicted molar refractivity (Wildman–Crippen MR) is 147 cm³/mol. The molecule has 0 saturated heterocycles. The highest BCUT2D eigenvalue weighted by atomic mass is 16.5. The van der Waals surface area contributed by atoms with Crippen LogP contribution in [0.5, 0.6) is 0 Å². The van der Waals surface area contributed by atoms with Gasteiger partial charge in [-0.15, -0.1) is 0 Å². The minimum absolute atomic E-state index is 0.296. The lowest BCUT2D eigenvalue weighted by Gasteiger charge is -2.13. The van der Waals surface area contributed by atoms with Gasteiger partial charge in [-0.2, -0.15) is 9.78 Å². The summed E-state index contributed by atoms with van der Waals surface area (Å²) in [5, 5.41) is 6.84. The van der Waals surface area contributed by atoms with E-state index < -0.39 is 6.04 Å². The molecule has 3 aromatic carbocycles. The van der Waals surface area contributed by atoms with Gasteiger partial charge in [0.25, 0.3) is 5.56 Å². The molecule has 0 amide bonds. The lowest BCUT2D eigenvalue weighted by molar-refractivity contribution is -0.146. The number of para-hydroxylation sites is 3. The summed E-state index contributed by atoms with van der Waals surface area (Å²) < 4.78 is 14.4. The van der Waals surface area contributed by atoms with Crippen LogP contribution in [0.25, 0.3) is 44.4 Å². The number of hydrogen-bond acceptors (Lipinski definition) is 6. The summed E-state index contributed by atoms with van der Waals surface area (Å²) in [7, 11) is 0. The summed E-state index contributed by atoms with van der Waals surface area (Å²) in [6.45, 7) is 3.88. The van der Waals surface area contributed by atoms with E-state index in [4.69, 9.17) is 14.1 Å². The molecule has 0 spiro atoms. The second-order valence-electron chi connectivity index (χ2n) is 8.90. The number of carbonyl (C=O) groups is 1. The monoisotopic (exact) mass is 504 g/mol. The highest BCUT2D eigenvalue weighted by Crippen LogP contribution is 2.28. The number of rotatable bonds is 6. The topological polar surface area (TPSA) is 91.6 Å². The molecule has 0 radical (unpaired) electrons. The number of nitrogens with zero attached hydrogens (tertiary/aromatic N) is 4. The maximum atomic E-state index is 13.6. The molecular formula is C30H24N4O4. The molecule has 6 aromatic rings. The summed E-state index contributed by atoms with van der Waals surface area (Å²) in [5.41, 5.74) is 2.53. The van der Waals surface area contributed by atoms with Crippen molar-refractivity contribution in [3.8, 4) is 11.6 Å². The molecule has 0 aliphatic carbocycles. The van der Waals surface area contributed by atoms with Crippen molar-refractivity contribution in [2.45, 2.75) is 19.9 Å². The third kappa shape index (κ3) is 3.96. The number of ether oxygens (including phenoxy) is 1. The molecule has 6 rings (SSSR count). The van der Waals surface area contributed by atoms with E-state index >= 15 is 0 Å². The van der Waals surface area contributed by atoms with Crippen molar-refractivity contribution in [1.82, 2.24) is 14.2 Å². The molecule has 8 heteroatoms. The zero-order valence-corrected chi connectivity index (χ0v) is 20.9. The fourth-order valence-corrected chi connectivity index (χ4v) is 4.63. The molecule has 0 aliphatic rings. The van der Waals surface area contributed by atoms with Crippen molar-refractivity contribution < 1.29 is 13.9 Å². The number of hydrogen-bond donors (Lipinski definition) is 0. The minimum Gasteiger partial charge on any atom is -0.464 e. The number of aromatic nitrogens is 3. The van der Waals surface area contributed by atoms with Crippen molar-refractivity contribution in [1.29, 1.82) is 0 Å². The molecule has 8 nitrogen and oxygen atoms in total. The Morgan fingerprint density at radius 3 is 2.61 bits per heavy atom. The van der Waals surface area contributed by atoms with E-state index in [1.54, 1.807) is 38.3 Å². The van der Waals surface area contributed by atoms with Crippen LogP contribution in [0.4, 0.5) is 0 Å². The average molecular weight is 505 g/mol. The first-order valence-corrected chi connectivity index (χ1v) is 12.4. The van der Waals surface area contributed by atoms with Crippen LogP contribution in [0, 0.1) is 0 Å². The standard InChI is InChI=1S/C30H24N4O4/c1-3-37-30(36)19(2)33-18-21(22-11-6-8-14-25(22)33)17-31-34-28(27-16-20-10-4-9-15-26(20)38-27)32-24-13-7-5-12-23(24)29(34)35/h4-19H,3H2,1-2H3/t19-/m1/s1. The predicted octanol–water partition coefficient (Wildman–Crippen LogP) is 5.77. The quantitative estimate of drug-likeness (QED) is 0.212. The van der Waals surface area contributed by atoms with Gasteiger partial charge >= 0.3 is 5.97 Å². The summed E-state index contributed by atoms with van der Waals surface area (Å²) in [4.78, 5) is 30.8. The molecule has 0 aliphatic heterocycles. The Bertz CT molecular complexity index is 1880. The van der Waals surface area contributed by atoms with Crippen molar-refractivity contribution in [2.75, 3.05) is 6.61 Å². The van der Waals surface area contributed by atoms with E-state index in [-0.39, 0.29) is 11.5 Å². The van der Waals surface area contributed by atoms with Gasteiger partial charge in [0.15, 0.2) is 5.76 Å². The number of esters is 1. The molecule has 3 heterocycles. The van der Waals surface area contributed by atoms with Gasteiger partial charge < -0.3 is 13.7 Å². The first-order chi connectivity index (χ1) is 18.5. The summed E-state index contributed by atoms with van der Waals surface area (Å²) in [6.07, 6.45) is 3.46. The summed E-state index contributed by atoms with van der Waals surface area (Å²) in [5.74, 6) is 0.410. The van der Waals surface area contributed by atoms with E-state index in [1.165, 1.54) is 4.68 Å². The van der Waals surface area contributed by atoms with Gasteiger partial charge in [0.1, 0.15) is 11.6 Å². The fraction of sp³-hybridized carbons (Fsp3) is 0.133. The Kier molecular flexibility index (Phi) is 5.84. The van der Waals surface area contributed by atoms with Crippen molar-refractivity contribution in [3.05, 3.63) is 101 Å². The van der Waals surface area contributed by atoms with E-state index in [9.17, 15) is 9.59 Å². The Morgan fingerprint density at radius 2 is 1.79 bits per heavy atom. The van der Waals surface area contributed by atoms with Gasteiger partial charge in [-0.1, -0.05) is 48.5 Å². The minimum atomic E-state index is -0.529. The molecule has 0 saturated carbocycles. The van der Waals surface area contributed by atoms with Crippen LogP contribution in [0.3, 0.4) is 0 Å². The van der Waals surface area contributed by atoms with Crippen LogP contribution in [0.2, 0.25) is 0 Å². The number of carbonyl (C=O) groups excluding carboxylic acids is 1. The van der Waals surface area contributed by atoms with Crippen LogP contribution in [0.15, 0.2) is 99.4 Å². The molecule has 0 unspecified atom stereocenters. The summed E-state index contributed by atoms with van der Waals surface area (Å²) >= 11 is 0. The second-order valence-corrected chi connectivity index (χ2v) is 8.90. The molecule has 188 valence electrons. The smallest absolute Gasteiger partial charge is 0.328 e. The highest BCUT2D eigenvalue weighted by molar-refractivity contribution is 6.00. The third-order valence-corrected chi connectivity index (χ3v) is 6.53. The first kappa shape index (κ1) is 23.4. The highest BCUT2D eigenvalue weighted by Gasteiger charge is 2.20. The van der Waals surface area contributed by atoms with Crippen LogP contribution < -0.4 is 5.56 Å². The van der Waals surface area contributed by atoms with Crippen molar-refractivity contribution in [2.24, 2.45) is 5.10 Å². The fourth-order valence-electron chi connectivity index (χ4n) is 4.63. The van der Waals surface area contributed by atoms with Crippen molar-refractivity contribution in [3.63, 3.8) is 0 Å². The molecule has 3 aromatic heterocycles. The van der Waals surface area contributed by atoms with Crippen LogP contribution in [0.1, 0.15) is 25.5 Å². The van der Waals surface area contributed by atoms with Gasteiger partial charge in [0, 0.05) is 28.0 Å². The molecule has 0 fully saturated rings. The van der Waals surface area contributed by atoms with Crippen molar-refractivity contribution >= 4 is 45.0 Å². The Labute approximate surface area is 217 Å². The Hall–Kier alpha value is -4.98. The molecule has 1 atom stereocenters. The average Bonchev–Trinajstić information content (AvgIpc) is 3.54. The van der Waals surface area contributed by atoms with Gasteiger partial charge in [-0.25, -0.2) is 9.78 Å². The molecule has 0 bridgehead atoms. The van der Waals surface area contributed by atoms with Gasteiger partial charge in [0.2, 0.25) is 5.82 Å². The Morgan fingerprint density at radius 1 is 1.05 bits per heavy atom. The maximum Gasteiger partial charge on any atom is 0.328 e. The number of benzene rings is 3. The maximum absolute atomic E-state index is 13.6. The molecule has 0 N–H and O–H groups in total. The zero-order valence-electron chi connectivity index (χ0n) is 20.9. The normalized spacial score (nSPS) is 12.6. The van der Waals surface area contributed by atoms with Crippen LogP contribution in [-0.2, 0) is 9.53 Å². The van der Waals surface area contributed by atoms with E-state index in [2.05, 4.69) is 5.10 Å². The van der Waals surface area contributed by atoms with Gasteiger partial charge in [-0.05, 0) is 44.2 Å². The SMILES string of the molecule is CCOC(=O)[C@@H](C)n1cc(C=Nn2c(-c3cc4ccccc4o3)nc3ccccc3c2=O)c2ccccc21. The Balaban J connectivity index is 1.52.